The summed E-state index contributed by atoms with van der Waals surface area (Å²) in [6.07, 6.45) is -3.46. The topological polar surface area (TPSA) is 108 Å². The molecule has 0 amide bonds. The summed E-state index contributed by atoms with van der Waals surface area (Å²) in [5.74, 6) is -0.852. The van der Waals surface area contributed by atoms with Crippen LogP contribution in [0.3, 0.4) is 0 Å². The summed E-state index contributed by atoms with van der Waals surface area (Å²) in [6, 6.07) is 5.75. The first-order valence-electron chi connectivity index (χ1n) is 16.3. The lowest BCUT2D eigenvalue weighted by Crippen LogP contribution is -2.34. The predicted molar refractivity (Wildman–Crippen MR) is 173 cm³/mol. The van der Waals surface area contributed by atoms with Crippen LogP contribution in [0.2, 0.25) is 0 Å². The second-order valence-electron chi connectivity index (χ2n) is 12.7. The van der Waals surface area contributed by atoms with E-state index in [2.05, 4.69) is 32.4 Å². The van der Waals surface area contributed by atoms with Gasteiger partial charge in [-0.15, -0.1) is 17.5 Å². The zero-order valence-corrected chi connectivity index (χ0v) is 27.9. The number of hydrogen-bond acceptors (Lipinski definition) is 7. The van der Waals surface area contributed by atoms with Crippen molar-refractivity contribution in [3.05, 3.63) is 63.7 Å². The van der Waals surface area contributed by atoms with E-state index >= 15 is 0 Å². The summed E-state index contributed by atoms with van der Waals surface area (Å²) in [5.41, 5.74) is 1.04. The Hall–Kier alpha value is -3.59. The summed E-state index contributed by atoms with van der Waals surface area (Å²) >= 11 is 0. The van der Waals surface area contributed by atoms with E-state index in [-0.39, 0.29) is 68.1 Å². The van der Waals surface area contributed by atoms with Gasteiger partial charge in [0.25, 0.3) is 5.95 Å². The molecule has 0 aliphatic heterocycles. The summed E-state index contributed by atoms with van der Waals surface area (Å²) in [5, 5.41) is 31.1. The number of aliphatic hydroxyl groups is 1. The molecule has 1 fully saturated rings. The van der Waals surface area contributed by atoms with Gasteiger partial charge in [-0.25, -0.2) is 0 Å². The first-order chi connectivity index (χ1) is 22.7. The number of tetrazole rings is 1. The lowest BCUT2D eigenvalue weighted by molar-refractivity contribution is -0.144. The van der Waals surface area contributed by atoms with Gasteiger partial charge in [-0.1, -0.05) is 11.2 Å². The van der Waals surface area contributed by atoms with Crippen molar-refractivity contribution >= 4 is 30.0 Å². The number of aryl methyl sites for hydroxylation is 2. The van der Waals surface area contributed by atoms with Gasteiger partial charge in [-0.2, -0.15) is 31.1 Å². The maximum atomic E-state index is 13.7. The Labute approximate surface area is 286 Å². The molecule has 1 aromatic heterocycles. The van der Waals surface area contributed by atoms with Crippen LogP contribution in [0.25, 0.3) is 0 Å². The number of hydrogen-bond donors (Lipinski definition) is 2. The minimum absolute atomic E-state index is 0. The standard InChI is InChI=1S/C33H40F6N6O3.ClH/c1-2-43(18-21-7-9-23(10-8-21)30(47)48)29-16-25-6-4-3-5-24(25)15-26(29)20-44(31-40-42-45(41-31)11-12-46)19-22-13-27(32(34,35)36)17-28(14-22)33(37,38)39;/h13-17,21,23,46H,2-12,18-20H2,1H3,(H,47,48);1H/t21-,23-;. The SMILES string of the molecule is CCN(C[C@H]1CC[C@H](C(=O)O)CC1)c1cc2c(cc1CN(Cc1cc(C(F)(F)F)cc(C(F)(F)F)c1)c1nnn(CCO)n1)CCCC2.Cl. The van der Waals surface area contributed by atoms with Crippen molar-refractivity contribution in [2.45, 2.75) is 90.3 Å². The van der Waals surface area contributed by atoms with Crippen LogP contribution in [-0.2, 0) is 49.6 Å². The number of fused-ring (bicyclic) bond motifs is 1. The molecule has 0 atom stereocenters. The van der Waals surface area contributed by atoms with E-state index < -0.39 is 29.4 Å². The highest BCUT2D eigenvalue weighted by molar-refractivity contribution is 5.85. The second-order valence-corrected chi connectivity index (χ2v) is 12.7. The Morgan fingerprint density at radius 3 is 2.06 bits per heavy atom. The molecule has 270 valence electrons. The van der Waals surface area contributed by atoms with Gasteiger partial charge >= 0.3 is 18.3 Å². The molecular weight excluding hydrogens is 678 g/mol. The van der Waals surface area contributed by atoms with Crippen LogP contribution in [0.15, 0.2) is 30.3 Å². The van der Waals surface area contributed by atoms with Crippen molar-refractivity contribution in [1.82, 2.24) is 20.2 Å². The van der Waals surface area contributed by atoms with E-state index in [1.54, 1.807) is 0 Å². The molecule has 16 heteroatoms. The van der Waals surface area contributed by atoms with E-state index in [4.69, 9.17) is 0 Å². The number of halogens is 7. The molecule has 3 aromatic rings. The zero-order chi connectivity index (χ0) is 34.6. The number of aliphatic carboxylic acids is 1. The van der Waals surface area contributed by atoms with Crippen molar-refractivity contribution in [2.75, 3.05) is 29.5 Å². The number of aliphatic hydroxyl groups excluding tert-OH is 1. The molecule has 0 saturated heterocycles. The summed E-state index contributed by atoms with van der Waals surface area (Å²) < 4.78 is 82.5. The largest absolute Gasteiger partial charge is 0.481 e. The third-order valence-corrected chi connectivity index (χ3v) is 9.35. The fourth-order valence-electron chi connectivity index (χ4n) is 6.83. The minimum Gasteiger partial charge on any atom is -0.481 e. The third kappa shape index (κ3) is 9.56. The molecule has 1 heterocycles. The Balaban J connectivity index is 0.00000541. The lowest BCUT2D eigenvalue weighted by atomic mass is 9.81. The van der Waals surface area contributed by atoms with Crippen LogP contribution in [-0.4, -0.2) is 56.1 Å². The second kappa shape index (κ2) is 16.0. The number of rotatable bonds is 12. The van der Waals surface area contributed by atoms with Gasteiger partial charge < -0.3 is 20.0 Å². The van der Waals surface area contributed by atoms with Crippen molar-refractivity contribution in [1.29, 1.82) is 0 Å². The maximum absolute atomic E-state index is 13.7. The van der Waals surface area contributed by atoms with E-state index in [9.17, 15) is 41.4 Å². The van der Waals surface area contributed by atoms with Crippen molar-refractivity contribution in [2.24, 2.45) is 11.8 Å². The van der Waals surface area contributed by atoms with Crippen LogP contribution in [0, 0.1) is 11.8 Å². The molecule has 5 rings (SSSR count). The van der Waals surface area contributed by atoms with Crippen molar-refractivity contribution in [3.8, 4) is 0 Å². The normalized spacial score (nSPS) is 18.0. The van der Waals surface area contributed by atoms with E-state index in [1.807, 2.05) is 6.92 Å². The Morgan fingerprint density at radius 1 is 0.898 bits per heavy atom. The number of aromatic nitrogens is 4. The van der Waals surface area contributed by atoms with Gasteiger partial charge in [-0.05, 0) is 116 Å². The number of carbonyl (C=O) groups is 1. The zero-order valence-electron chi connectivity index (χ0n) is 27.1. The van der Waals surface area contributed by atoms with Gasteiger partial charge in [-0.3, -0.25) is 4.79 Å². The Morgan fingerprint density at radius 2 is 1.51 bits per heavy atom. The summed E-state index contributed by atoms with van der Waals surface area (Å²) in [4.78, 5) is 16.4. The van der Waals surface area contributed by atoms with Crippen LogP contribution in [0.4, 0.5) is 38.0 Å². The molecule has 49 heavy (non-hydrogen) atoms. The predicted octanol–water partition coefficient (Wildman–Crippen LogP) is 6.93. The lowest BCUT2D eigenvalue weighted by Gasteiger charge is -2.35. The molecule has 0 radical (unpaired) electrons. The van der Waals surface area contributed by atoms with Gasteiger partial charge in [0.15, 0.2) is 0 Å². The molecule has 2 aromatic carbocycles. The van der Waals surface area contributed by atoms with Gasteiger partial charge in [0.05, 0.1) is 30.2 Å². The molecule has 2 aliphatic rings. The maximum Gasteiger partial charge on any atom is 0.416 e. The Kier molecular flexibility index (Phi) is 12.4. The smallest absolute Gasteiger partial charge is 0.416 e. The van der Waals surface area contributed by atoms with Crippen molar-refractivity contribution < 1.29 is 41.4 Å². The molecule has 0 spiro atoms. The molecule has 9 nitrogen and oxygen atoms in total. The fraction of sp³-hybridized carbons (Fsp3) is 0.576. The highest BCUT2D eigenvalue weighted by atomic mass is 35.5. The number of carboxylic acids is 1. The van der Waals surface area contributed by atoms with E-state index in [1.165, 1.54) is 10.5 Å². The molecule has 2 aliphatic carbocycles. The number of alkyl halides is 6. The van der Waals surface area contributed by atoms with Crippen LogP contribution >= 0.6 is 12.4 Å². The number of nitrogens with zero attached hydrogens (tertiary/aromatic N) is 6. The monoisotopic (exact) mass is 718 g/mol. The van der Waals surface area contributed by atoms with Crippen LogP contribution < -0.4 is 9.80 Å². The van der Waals surface area contributed by atoms with E-state index in [0.717, 1.165) is 60.1 Å². The van der Waals surface area contributed by atoms with Gasteiger partial charge in [0.1, 0.15) is 0 Å². The quantitative estimate of drug-likeness (QED) is 0.194. The third-order valence-electron chi connectivity index (χ3n) is 9.35. The highest BCUT2D eigenvalue weighted by Crippen LogP contribution is 2.38. The molecule has 1 saturated carbocycles. The average molecular weight is 719 g/mol. The number of anilines is 2. The first kappa shape index (κ1) is 38.2. The van der Waals surface area contributed by atoms with Crippen LogP contribution in [0.1, 0.15) is 78.8 Å². The number of carboxylic acid groups (broad SMARTS) is 1. The molecule has 0 bridgehead atoms. The first-order valence-corrected chi connectivity index (χ1v) is 16.3. The minimum atomic E-state index is -5.00. The fourth-order valence-corrected chi connectivity index (χ4v) is 6.83. The molecule has 0 unspecified atom stereocenters. The van der Waals surface area contributed by atoms with Gasteiger partial charge in [0.2, 0.25) is 0 Å². The summed E-state index contributed by atoms with van der Waals surface area (Å²) in [7, 11) is 0. The van der Waals surface area contributed by atoms with Crippen LogP contribution in [0.5, 0.6) is 0 Å². The Bertz CT molecular complexity index is 1540. The van der Waals surface area contributed by atoms with Gasteiger partial charge in [0, 0.05) is 31.9 Å². The van der Waals surface area contributed by atoms with Crippen molar-refractivity contribution in [3.63, 3.8) is 0 Å². The summed E-state index contributed by atoms with van der Waals surface area (Å²) in [6.45, 7) is 2.73. The molecule has 2 N–H and O–H groups in total. The number of benzene rings is 2. The molecular formula is C33H41ClF6N6O3. The highest BCUT2D eigenvalue weighted by Gasteiger charge is 2.37. The van der Waals surface area contributed by atoms with E-state index in [0.29, 0.717) is 38.1 Å². The average Bonchev–Trinajstić information content (AvgIpc) is 3.51.